The van der Waals surface area contributed by atoms with Gasteiger partial charge < -0.3 is 10.1 Å². The van der Waals surface area contributed by atoms with Crippen LogP contribution in [0.2, 0.25) is 6.32 Å². The van der Waals surface area contributed by atoms with E-state index in [9.17, 15) is 4.79 Å². The van der Waals surface area contributed by atoms with Gasteiger partial charge in [0.2, 0.25) is 0 Å². The molecule has 2 radical (unpaired) electrons. The van der Waals surface area contributed by atoms with E-state index >= 15 is 0 Å². The first-order valence-electron chi connectivity index (χ1n) is 6.33. The van der Waals surface area contributed by atoms with Crippen molar-refractivity contribution in [2.45, 2.75) is 46.5 Å². The fraction of sp³-hybridized carbons (Fsp3) is 0.500. The second-order valence-electron chi connectivity index (χ2n) is 3.60. The maximum atomic E-state index is 11.6. The molecular weight excluding hydrogens is 225 g/mol. The minimum Gasteiger partial charge on any atom is -0.483 e. The number of ether oxygens (including phenoxy) is 1. The van der Waals surface area contributed by atoms with Crippen molar-refractivity contribution in [3.05, 3.63) is 35.8 Å². The fourth-order valence-electron chi connectivity index (χ4n) is 1.42. The maximum Gasteiger partial charge on any atom is 0.265 e. The molecule has 1 aliphatic heterocycles. The van der Waals surface area contributed by atoms with Crippen molar-refractivity contribution in [2.24, 2.45) is 0 Å². The van der Waals surface area contributed by atoms with Gasteiger partial charge in [-0.3, -0.25) is 4.79 Å². The molecule has 1 rings (SSSR count). The lowest BCUT2D eigenvalue weighted by Crippen LogP contribution is -2.39. The molecule has 1 amide bonds. The van der Waals surface area contributed by atoms with E-state index in [1.165, 1.54) is 0 Å². The lowest BCUT2D eigenvalue weighted by atomic mass is 9.96. The number of carbonyl (C=O) groups is 1. The van der Waals surface area contributed by atoms with Crippen molar-refractivity contribution < 1.29 is 11.0 Å². The Kier molecular flexibility index (Phi) is 7.93. The molecule has 0 bridgehead atoms. The number of carbonyl (C=O) groups excluding carboxylic acids is 1. The number of allylic oxidation sites excluding steroid dienone is 4. The molecule has 0 fully saturated rings. The van der Waals surface area contributed by atoms with Gasteiger partial charge in [-0.05, 0) is 19.4 Å². The van der Waals surface area contributed by atoms with E-state index in [2.05, 4.69) is 11.9 Å². The molecule has 3 nitrogen and oxygen atoms in total. The molecule has 0 saturated heterocycles. The number of hydrogen-bond donors (Lipinski definition) is 1. The number of hydrogen-bond acceptors (Lipinski definition) is 2. The van der Waals surface area contributed by atoms with Crippen LogP contribution in [-0.2, 0) is 9.53 Å². The number of nitrogens with one attached hydrogen (secondary N) is 1. The summed E-state index contributed by atoms with van der Waals surface area (Å²) in [7, 11) is 5.52. The molecule has 0 saturated carbocycles. The lowest BCUT2D eigenvalue weighted by Gasteiger charge is -2.25. The zero-order valence-electron chi connectivity index (χ0n) is 11.7. The van der Waals surface area contributed by atoms with Crippen LogP contribution in [0.1, 0.15) is 35.5 Å². The molecule has 100 valence electrons. The van der Waals surface area contributed by atoms with Gasteiger partial charge in [-0.2, -0.15) is 0 Å². The van der Waals surface area contributed by atoms with Gasteiger partial charge in [0.25, 0.3) is 5.91 Å². The van der Waals surface area contributed by atoms with E-state index in [1.54, 1.807) is 12.2 Å². The van der Waals surface area contributed by atoms with E-state index in [-0.39, 0.29) is 13.4 Å². The van der Waals surface area contributed by atoms with Gasteiger partial charge in [0.15, 0.2) is 6.10 Å². The molecule has 0 aromatic heterocycles. The SMILES string of the molecule is CC.[B]C/C(C=C)=C/C1=C(C)OC(CC)C(=O)N1.[HH]. The molecule has 0 aromatic carbocycles. The molecule has 0 aromatic rings. The number of rotatable bonds is 4. The first-order valence-corrected chi connectivity index (χ1v) is 6.33. The van der Waals surface area contributed by atoms with Crippen LogP contribution in [-0.4, -0.2) is 19.9 Å². The van der Waals surface area contributed by atoms with Crippen molar-refractivity contribution >= 4 is 13.8 Å². The van der Waals surface area contributed by atoms with E-state index in [4.69, 9.17) is 12.6 Å². The number of amides is 1. The topological polar surface area (TPSA) is 38.3 Å². The highest BCUT2D eigenvalue weighted by Crippen LogP contribution is 2.18. The molecule has 1 N–H and O–H groups in total. The highest BCUT2D eigenvalue weighted by molar-refractivity contribution is 6.10. The van der Waals surface area contributed by atoms with Crippen LogP contribution in [0.25, 0.3) is 0 Å². The van der Waals surface area contributed by atoms with Crippen molar-refractivity contribution in [2.75, 3.05) is 0 Å². The monoisotopic (exact) mass is 249 g/mol. The second kappa shape index (κ2) is 8.62. The van der Waals surface area contributed by atoms with Gasteiger partial charge in [-0.25, -0.2) is 0 Å². The third-order valence-electron chi connectivity index (χ3n) is 2.45. The summed E-state index contributed by atoms with van der Waals surface area (Å²) in [5.74, 6) is 0.596. The highest BCUT2D eigenvalue weighted by atomic mass is 16.5. The van der Waals surface area contributed by atoms with Crippen LogP contribution in [0.4, 0.5) is 0 Å². The first kappa shape index (κ1) is 16.6. The van der Waals surface area contributed by atoms with E-state index in [1.807, 2.05) is 27.7 Å². The van der Waals surface area contributed by atoms with Crippen LogP contribution in [0.3, 0.4) is 0 Å². The predicted molar refractivity (Wildman–Crippen MR) is 78.3 cm³/mol. The summed E-state index contributed by atoms with van der Waals surface area (Å²) in [6, 6.07) is 0. The Labute approximate surface area is 113 Å². The van der Waals surface area contributed by atoms with Gasteiger partial charge in [0.05, 0.1) is 13.5 Å². The van der Waals surface area contributed by atoms with Crippen LogP contribution < -0.4 is 5.32 Å². The van der Waals surface area contributed by atoms with Gasteiger partial charge >= 0.3 is 0 Å². The van der Waals surface area contributed by atoms with Crippen LogP contribution in [0.5, 0.6) is 0 Å². The van der Waals surface area contributed by atoms with E-state index in [0.29, 0.717) is 24.2 Å². The van der Waals surface area contributed by atoms with E-state index in [0.717, 1.165) is 5.57 Å². The van der Waals surface area contributed by atoms with Crippen LogP contribution in [0, 0.1) is 0 Å². The summed E-state index contributed by atoms with van der Waals surface area (Å²) in [5, 5.41) is 2.80. The minimum atomic E-state index is -0.387. The van der Waals surface area contributed by atoms with Gasteiger partial charge in [-0.1, -0.05) is 45.3 Å². The third kappa shape index (κ3) is 4.44. The first-order chi connectivity index (χ1) is 8.62. The molecule has 0 aliphatic carbocycles. The summed E-state index contributed by atoms with van der Waals surface area (Å²) in [5.41, 5.74) is 1.52. The third-order valence-corrected chi connectivity index (χ3v) is 2.45. The Hall–Kier alpha value is -1.45. The molecular formula is C14H24BNO2. The molecule has 18 heavy (non-hydrogen) atoms. The van der Waals surface area contributed by atoms with Crippen LogP contribution in [0.15, 0.2) is 35.8 Å². The standard InChI is InChI=1S/C12H16BNO2.C2H6.H2/c1-4-9(7-13)6-10-8(3)16-11(5-2)12(15)14-10;1-2;/h4,6,11H,1,5,7H2,2-3H3,(H,14,15);1-2H3;1H/b9-6+;;. The zero-order valence-corrected chi connectivity index (χ0v) is 11.7. The largest absolute Gasteiger partial charge is 0.483 e. The Morgan fingerprint density at radius 3 is 2.67 bits per heavy atom. The molecule has 1 atom stereocenters. The summed E-state index contributed by atoms with van der Waals surface area (Å²) in [6.45, 7) is 11.4. The summed E-state index contributed by atoms with van der Waals surface area (Å²) < 4.78 is 5.50. The van der Waals surface area contributed by atoms with Crippen molar-refractivity contribution in [3.63, 3.8) is 0 Å². The van der Waals surface area contributed by atoms with E-state index < -0.39 is 0 Å². The summed E-state index contributed by atoms with van der Waals surface area (Å²) in [4.78, 5) is 11.6. The average molecular weight is 249 g/mol. The Bertz CT molecular complexity index is 364. The Morgan fingerprint density at radius 1 is 1.61 bits per heavy atom. The summed E-state index contributed by atoms with van der Waals surface area (Å²) >= 11 is 0. The minimum absolute atomic E-state index is 0. The Balaban J connectivity index is 0. The molecule has 0 spiro atoms. The Morgan fingerprint density at radius 2 is 2.22 bits per heavy atom. The van der Waals surface area contributed by atoms with Crippen molar-refractivity contribution in [1.82, 2.24) is 5.32 Å². The van der Waals surface area contributed by atoms with Crippen molar-refractivity contribution in [1.29, 1.82) is 0 Å². The predicted octanol–water partition coefficient (Wildman–Crippen LogP) is 3.11. The molecule has 1 unspecified atom stereocenters. The summed E-state index contributed by atoms with van der Waals surface area (Å²) in [6.07, 6.45) is 4.10. The molecule has 1 aliphatic rings. The zero-order chi connectivity index (χ0) is 14.1. The highest BCUT2D eigenvalue weighted by Gasteiger charge is 2.24. The molecule has 1 heterocycles. The normalized spacial score (nSPS) is 19.4. The second-order valence-corrected chi connectivity index (χ2v) is 3.60. The smallest absolute Gasteiger partial charge is 0.265 e. The average Bonchev–Trinajstić information content (AvgIpc) is 2.41. The molecule has 4 heteroatoms. The quantitative estimate of drug-likeness (QED) is 0.614. The lowest BCUT2D eigenvalue weighted by molar-refractivity contribution is -0.131. The fourth-order valence-corrected chi connectivity index (χ4v) is 1.42. The maximum absolute atomic E-state index is 11.6. The van der Waals surface area contributed by atoms with Gasteiger partial charge in [0.1, 0.15) is 5.76 Å². The van der Waals surface area contributed by atoms with Crippen molar-refractivity contribution in [3.8, 4) is 0 Å². The van der Waals surface area contributed by atoms with Gasteiger partial charge in [-0.15, -0.1) is 0 Å². The van der Waals surface area contributed by atoms with Crippen LogP contribution >= 0.6 is 0 Å². The van der Waals surface area contributed by atoms with Gasteiger partial charge in [0, 0.05) is 1.43 Å².